The van der Waals surface area contributed by atoms with E-state index in [0.717, 1.165) is 32.2 Å². The summed E-state index contributed by atoms with van der Waals surface area (Å²) in [5.74, 6) is -0.623. The molecule has 1 atom stereocenters. The van der Waals surface area contributed by atoms with Crippen molar-refractivity contribution in [1.29, 1.82) is 0 Å². The van der Waals surface area contributed by atoms with E-state index in [1.165, 1.54) is 6.92 Å². The van der Waals surface area contributed by atoms with E-state index in [1.807, 2.05) is 4.90 Å². The van der Waals surface area contributed by atoms with Crippen LogP contribution >= 0.6 is 0 Å². The molecule has 1 aliphatic rings. The summed E-state index contributed by atoms with van der Waals surface area (Å²) in [6.45, 7) is 4.24. The zero-order chi connectivity index (χ0) is 17.5. The largest absolute Gasteiger partial charge is 0.339 e. The van der Waals surface area contributed by atoms with Crippen LogP contribution in [0.3, 0.4) is 0 Å². The van der Waals surface area contributed by atoms with Crippen LogP contribution in [0.5, 0.6) is 0 Å². The Bertz CT molecular complexity index is 615. The Kier molecular flexibility index (Phi) is 6.35. The Morgan fingerprint density at radius 2 is 1.88 bits per heavy atom. The van der Waals surface area contributed by atoms with Crippen molar-refractivity contribution >= 4 is 29.1 Å². The predicted octanol–water partition coefficient (Wildman–Crippen LogP) is 2.76. The summed E-state index contributed by atoms with van der Waals surface area (Å²) < 4.78 is 0. The Labute approximate surface area is 142 Å². The monoisotopic (exact) mass is 331 g/mol. The number of hydrogen-bond donors (Lipinski definition) is 2. The number of nitrogens with one attached hydrogen (secondary N) is 2. The molecular formula is C18H25N3O3. The first-order valence-electron chi connectivity index (χ1n) is 8.46. The molecule has 2 rings (SSSR count). The number of rotatable bonds is 5. The minimum Gasteiger partial charge on any atom is -0.339 e. The first-order valence-corrected chi connectivity index (χ1v) is 8.46. The molecule has 1 unspecified atom stereocenters. The Morgan fingerprint density at radius 3 is 2.54 bits per heavy atom. The quantitative estimate of drug-likeness (QED) is 0.814. The standard InChI is InChI=1S/C18H25N3O3/c1-3-16-9-4-5-10-21(16)18(24)12-17(23)20-15-8-6-7-14(11-15)19-13(2)22/h6-8,11,16H,3-5,9-10,12H2,1-2H3,(H,19,22)(H,20,23). The van der Waals surface area contributed by atoms with Crippen molar-refractivity contribution in [2.45, 2.75) is 52.0 Å². The highest BCUT2D eigenvalue weighted by Gasteiger charge is 2.26. The van der Waals surface area contributed by atoms with Crippen LogP contribution in [0, 0.1) is 0 Å². The first kappa shape index (κ1) is 18.0. The maximum absolute atomic E-state index is 12.4. The molecular weight excluding hydrogens is 306 g/mol. The summed E-state index contributed by atoms with van der Waals surface area (Å²) >= 11 is 0. The zero-order valence-corrected chi connectivity index (χ0v) is 14.3. The molecule has 0 radical (unpaired) electrons. The van der Waals surface area contributed by atoms with Gasteiger partial charge in [-0.3, -0.25) is 14.4 Å². The Morgan fingerprint density at radius 1 is 1.17 bits per heavy atom. The van der Waals surface area contributed by atoms with Crippen molar-refractivity contribution in [1.82, 2.24) is 4.90 Å². The lowest BCUT2D eigenvalue weighted by Gasteiger charge is -2.35. The van der Waals surface area contributed by atoms with Crippen LogP contribution in [0.15, 0.2) is 24.3 Å². The molecule has 1 aromatic rings. The van der Waals surface area contributed by atoms with E-state index in [2.05, 4.69) is 17.6 Å². The molecule has 0 aliphatic carbocycles. The molecule has 0 aromatic heterocycles. The third-order valence-corrected chi connectivity index (χ3v) is 4.20. The van der Waals surface area contributed by atoms with Gasteiger partial charge in [-0.05, 0) is 43.9 Å². The molecule has 1 aromatic carbocycles. The zero-order valence-electron chi connectivity index (χ0n) is 14.3. The van der Waals surface area contributed by atoms with Gasteiger partial charge in [0, 0.05) is 30.9 Å². The minimum absolute atomic E-state index is 0.114. The smallest absolute Gasteiger partial charge is 0.233 e. The second kappa shape index (κ2) is 8.47. The topological polar surface area (TPSA) is 78.5 Å². The van der Waals surface area contributed by atoms with Gasteiger partial charge < -0.3 is 15.5 Å². The summed E-state index contributed by atoms with van der Waals surface area (Å²) in [5.41, 5.74) is 1.17. The number of benzene rings is 1. The number of carbonyl (C=O) groups is 3. The predicted molar refractivity (Wildman–Crippen MR) is 93.6 cm³/mol. The van der Waals surface area contributed by atoms with Crippen LogP contribution < -0.4 is 10.6 Å². The van der Waals surface area contributed by atoms with E-state index in [-0.39, 0.29) is 30.2 Å². The van der Waals surface area contributed by atoms with Gasteiger partial charge in [0.25, 0.3) is 0 Å². The maximum Gasteiger partial charge on any atom is 0.233 e. The van der Waals surface area contributed by atoms with Gasteiger partial charge in [-0.15, -0.1) is 0 Å². The molecule has 0 saturated carbocycles. The van der Waals surface area contributed by atoms with E-state index >= 15 is 0 Å². The van der Waals surface area contributed by atoms with E-state index in [1.54, 1.807) is 24.3 Å². The molecule has 6 nitrogen and oxygen atoms in total. The van der Waals surface area contributed by atoms with E-state index in [4.69, 9.17) is 0 Å². The van der Waals surface area contributed by atoms with Crippen LogP contribution in [0.25, 0.3) is 0 Å². The van der Waals surface area contributed by atoms with Gasteiger partial charge in [-0.25, -0.2) is 0 Å². The van der Waals surface area contributed by atoms with E-state index in [9.17, 15) is 14.4 Å². The molecule has 1 heterocycles. The second-order valence-electron chi connectivity index (χ2n) is 6.13. The fourth-order valence-electron chi connectivity index (χ4n) is 3.08. The van der Waals surface area contributed by atoms with Crippen molar-refractivity contribution in [3.63, 3.8) is 0 Å². The number of amides is 3. The number of anilines is 2. The van der Waals surface area contributed by atoms with Crippen molar-refractivity contribution in [2.75, 3.05) is 17.2 Å². The third-order valence-electron chi connectivity index (χ3n) is 4.20. The van der Waals surface area contributed by atoms with E-state index in [0.29, 0.717) is 11.4 Å². The molecule has 3 amide bonds. The molecule has 0 spiro atoms. The van der Waals surface area contributed by atoms with Crippen molar-refractivity contribution in [3.05, 3.63) is 24.3 Å². The van der Waals surface area contributed by atoms with E-state index < -0.39 is 0 Å². The van der Waals surface area contributed by atoms with Gasteiger partial charge in [0.1, 0.15) is 6.42 Å². The van der Waals surface area contributed by atoms with Gasteiger partial charge >= 0.3 is 0 Å². The lowest BCUT2D eigenvalue weighted by Crippen LogP contribution is -2.44. The Hall–Kier alpha value is -2.37. The number of hydrogen-bond acceptors (Lipinski definition) is 3. The summed E-state index contributed by atoms with van der Waals surface area (Å²) in [6.07, 6.45) is 3.93. The number of nitrogens with zero attached hydrogens (tertiary/aromatic N) is 1. The van der Waals surface area contributed by atoms with Crippen molar-refractivity contribution < 1.29 is 14.4 Å². The van der Waals surface area contributed by atoms with Crippen LogP contribution in [0.2, 0.25) is 0 Å². The lowest BCUT2D eigenvalue weighted by atomic mass is 9.99. The lowest BCUT2D eigenvalue weighted by molar-refractivity contribution is -0.137. The highest BCUT2D eigenvalue weighted by Crippen LogP contribution is 2.21. The fraction of sp³-hybridized carbons (Fsp3) is 0.500. The van der Waals surface area contributed by atoms with Crippen molar-refractivity contribution in [3.8, 4) is 0 Å². The molecule has 6 heteroatoms. The Balaban J connectivity index is 1.92. The second-order valence-corrected chi connectivity index (χ2v) is 6.13. The van der Waals surface area contributed by atoms with Crippen LogP contribution in [0.1, 0.15) is 46.0 Å². The van der Waals surface area contributed by atoms with Gasteiger partial charge in [-0.1, -0.05) is 13.0 Å². The van der Waals surface area contributed by atoms with Crippen LogP contribution in [0.4, 0.5) is 11.4 Å². The summed E-state index contributed by atoms with van der Waals surface area (Å²) in [6, 6.07) is 7.12. The molecule has 1 saturated heterocycles. The molecule has 1 aliphatic heterocycles. The van der Waals surface area contributed by atoms with Crippen LogP contribution in [-0.4, -0.2) is 35.2 Å². The average molecular weight is 331 g/mol. The SMILES string of the molecule is CCC1CCCCN1C(=O)CC(=O)Nc1cccc(NC(C)=O)c1. The van der Waals surface area contributed by atoms with Crippen molar-refractivity contribution in [2.24, 2.45) is 0 Å². The van der Waals surface area contributed by atoms with Gasteiger partial charge in [0.15, 0.2) is 0 Å². The average Bonchev–Trinajstić information content (AvgIpc) is 2.54. The summed E-state index contributed by atoms with van der Waals surface area (Å²) in [5, 5.41) is 5.38. The minimum atomic E-state index is -0.333. The molecule has 130 valence electrons. The molecule has 1 fully saturated rings. The normalized spacial score (nSPS) is 17.2. The first-order chi connectivity index (χ1) is 11.5. The maximum atomic E-state index is 12.4. The summed E-state index contributed by atoms with van der Waals surface area (Å²) in [7, 11) is 0. The highest BCUT2D eigenvalue weighted by atomic mass is 16.2. The van der Waals surface area contributed by atoms with Gasteiger partial charge in [0.2, 0.25) is 17.7 Å². The molecule has 0 bridgehead atoms. The third kappa shape index (κ3) is 5.08. The number of carbonyl (C=O) groups excluding carboxylic acids is 3. The highest BCUT2D eigenvalue weighted by molar-refractivity contribution is 6.04. The van der Waals surface area contributed by atoms with Gasteiger partial charge in [0.05, 0.1) is 0 Å². The number of piperidine rings is 1. The van der Waals surface area contributed by atoms with Crippen LogP contribution in [-0.2, 0) is 14.4 Å². The number of likely N-dealkylation sites (tertiary alicyclic amines) is 1. The molecule has 24 heavy (non-hydrogen) atoms. The molecule has 2 N–H and O–H groups in total. The van der Waals surface area contributed by atoms with Gasteiger partial charge in [-0.2, -0.15) is 0 Å². The summed E-state index contributed by atoms with van der Waals surface area (Å²) in [4.78, 5) is 37.5. The fourth-order valence-corrected chi connectivity index (χ4v) is 3.08.